The van der Waals surface area contributed by atoms with Crippen molar-refractivity contribution in [3.05, 3.63) is 0 Å². The lowest BCUT2D eigenvalue weighted by atomic mass is 10.1. The van der Waals surface area contributed by atoms with E-state index >= 15 is 0 Å². The maximum Gasteiger partial charge on any atom is 0.240 e. The van der Waals surface area contributed by atoms with Gasteiger partial charge in [0.2, 0.25) is 23.6 Å². The highest BCUT2D eigenvalue weighted by Gasteiger charge is 2.27. The Labute approximate surface area is 182 Å². The quantitative estimate of drug-likeness (QED) is 0.218. The van der Waals surface area contributed by atoms with Crippen molar-refractivity contribution in [1.29, 1.82) is 0 Å². The summed E-state index contributed by atoms with van der Waals surface area (Å²) in [6, 6.07) is -3.37. The van der Waals surface area contributed by atoms with E-state index in [-0.39, 0.29) is 25.3 Å². The van der Waals surface area contributed by atoms with Crippen LogP contribution in [-0.2, 0) is 19.2 Å². The molecule has 0 bridgehead atoms. The van der Waals surface area contributed by atoms with Crippen molar-refractivity contribution in [3.8, 4) is 0 Å². The van der Waals surface area contributed by atoms with Crippen molar-refractivity contribution in [2.24, 2.45) is 5.73 Å². The molecule has 0 aromatic rings. The molecule has 5 atom stereocenters. The summed E-state index contributed by atoms with van der Waals surface area (Å²) in [6.07, 6.45) is 0.866. The molecule has 12 nitrogen and oxygen atoms in total. The van der Waals surface area contributed by atoms with Gasteiger partial charge in [-0.3, -0.25) is 19.2 Å². The largest absolute Gasteiger partial charge is 0.394 e. The fourth-order valence-electron chi connectivity index (χ4n) is 3.16. The van der Waals surface area contributed by atoms with E-state index in [0.717, 1.165) is 0 Å². The first-order valence-electron chi connectivity index (χ1n) is 10.6. The fraction of sp³-hybridized carbons (Fsp3) is 0.789. The average Bonchev–Trinajstić information content (AvgIpc) is 2.71. The number of carbonyl (C=O) groups is 4. The molecule has 1 saturated heterocycles. The zero-order chi connectivity index (χ0) is 23.4. The van der Waals surface area contributed by atoms with Crippen molar-refractivity contribution in [1.82, 2.24) is 26.6 Å². The predicted octanol–water partition coefficient (Wildman–Crippen LogP) is -3.56. The highest BCUT2D eigenvalue weighted by molar-refractivity contribution is 5.89. The number of likely N-dealkylation sites (N-methyl/N-ethyl adjacent to an activating group) is 1. The van der Waals surface area contributed by atoms with E-state index in [1.807, 2.05) is 0 Å². The van der Waals surface area contributed by atoms with Gasteiger partial charge in [0.1, 0.15) is 12.1 Å². The summed E-state index contributed by atoms with van der Waals surface area (Å²) >= 11 is 0. The molecule has 0 aromatic carbocycles. The molecule has 4 amide bonds. The van der Waals surface area contributed by atoms with Crippen LogP contribution in [-0.4, -0.2) is 90.9 Å². The fourth-order valence-corrected chi connectivity index (χ4v) is 3.16. The highest BCUT2D eigenvalue weighted by atomic mass is 16.3. The number of aliphatic hydroxyl groups excluding tert-OH is 2. The van der Waals surface area contributed by atoms with Crippen LogP contribution >= 0.6 is 0 Å². The Hall–Kier alpha value is -2.28. The van der Waals surface area contributed by atoms with Gasteiger partial charge in [0.05, 0.1) is 24.8 Å². The molecule has 12 heteroatoms. The first kappa shape index (κ1) is 26.8. The third-order valence-corrected chi connectivity index (χ3v) is 5.22. The third kappa shape index (κ3) is 9.59. The number of nitrogens with one attached hydrogen (secondary N) is 5. The molecule has 0 aromatic heterocycles. The zero-order valence-electron chi connectivity index (χ0n) is 18.1. The molecular weight excluding hydrogens is 408 g/mol. The Morgan fingerprint density at radius 1 is 1.19 bits per heavy atom. The van der Waals surface area contributed by atoms with Gasteiger partial charge in [-0.1, -0.05) is 0 Å². The molecule has 1 fully saturated rings. The molecular formula is C19H36N6O6. The van der Waals surface area contributed by atoms with E-state index in [0.29, 0.717) is 25.8 Å². The summed E-state index contributed by atoms with van der Waals surface area (Å²) in [5.41, 5.74) is 5.37. The molecule has 0 spiro atoms. The van der Waals surface area contributed by atoms with Crippen LogP contribution in [0.3, 0.4) is 0 Å². The number of carbonyl (C=O) groups excluding carboxylic acids is 4. The minimum atomic E-state index is -1.06. The van der Waals surface area contributed by atoms with Crippen molar-refractivity contribution < 1.29 is 29.4 Å². The molecule has 178 valence electrons. The molecule has 31 heavy (non-hydrogen) atoms. The van der Waals surface area contributed by atoms with E-state index in [4.69, 9.17) is 5.73 Å². The van der Waals surface area contributed by atoms with Crippen molar-refractivity contribution in [2.45, 2.75) is 69.3 Å². The minimum absolute atomic E-state index is 0.0137. The standard InChI is InChI=1S/C19H36N6O6/c1-11(27)14-9-23-15(10-26)19(31)24-12(17(20)29)5-3-4-8-22-16(28)7-6-13(21-2)18(30)25-14/h11-15,21,23,26-27H,3-10H2,1-2H3,(H2,20,29)(H,22,28)(H,24,31)(H,25,30)/t11?,12-,13-,14+,15-/m0/s1. The number of primary amides is 1. The van der Waals surface area contributed by atoms with Crippen molar-refractivity contribution >= 4 is 23.6 Å². The van der Waals surface area contributed by atoms with E-state index < -0.39 is 54.6 Å². The molecule has 9 N–H and O–H groups in total. The van der Waals surface area contributed by atoms with Crippen LogP contribution in [0, 0.1) is 0 Å². The van der Waals surface area contributed by atoms with Crippen molar-refractivity contribution in [2.75, 3.05) is 26.7 Å². The Morgan fingerprint density at radius 2 is 1.90 bits per heavy atom. The summed E-state index contributed by atoms with van der Waals surface area (Å²) in [5, 5.41) is 33.2. The lowest BCUT2D eigenvalue weighted by Gasteiger charge is -2.27. The lowest BCUT2D eigenvalue weighted by molar-refractivity contribution is -0.129. The number of amides is 4. The van der Waals surface area contributed by atoms with Gasteiger partial charge >= 0.3 is 0 Å². The summed E-state index contributed by atoms with van der Waals surface area (Å²) in [7, 11) is 1.60. The SMILES string of the molecule is CN[C@H]1CCC(=O)NCCCC[C@@H](C(N)=O)NC(=O)[C@H](CO)NC[C@H](C(C)O)NC1=O. The van der Waals surface area contributed by atoms with E-state index in [1.54, 1.807) is 7.05 Å². The Balaban J connectivity index is 2.96. The second-order valence-corrected chi connectivity index (χ2v) is 7.69. The maximum absolute atomic E-state index is 12.6. The highest BCUT2D eigenvalue weighted by Crippen LogP contribution is 2.04. The van der Waals surface area contributed by atoms with Gasteiger partial charge in [-0.25, -0.2) is 0 Å². The number of aliphatic hydroxyl groups is 2. The topological polar surface area (TPSA) is 195 Å². The molecule has 0 aliphatic carbocycles. The number of nitrogens with two attached hydrogens (primary N) is 1. The summed E-state index contributed by atoms with van der Waals surface area (Å²) < 4.78 is 0. The van der Waals surface area contributed by atoms with Gasteiger partial charge < -0.3 is 42.5 Å². The Morgan fingerprint density at radius 3 is 2.48 bits per heavy atom. The molecule has 1 unspecified atom stereocenters. The Kier molecular flexibility index (Phi) is 12.0. The normalized spacial score (nSPS) is 29.0. The molecule has 1 aliphatic heterocycles. The first-order chi connectivity index (χ1) is 14.7. The first-order valence-corrected chi connectivity index (χ1v) is 10.6. The average molecular weight is 445 g/mol. The second kappa shape index (κ2) is 13.9. The Bertz CT molecular complexity index is 617. The lowest BCUT2D eigenvalue weighted by Crippen LogP contribution is -2.58. The van der Waals surface area contributed by atoms with Gasteiger partial charge in [0, 0.05) is 19.5 Å². The summed E-state index contributed by atoms with van der Waals surface area (Å²) in [4.78, 5) is 48.7. The molecule has 1 heterocycles. The summed E-state index contributed by atoms with van der Waals surface area (Å²) in [5.74, 6) is -1.92. The van der Waals surface area contributed by atoms with Crippen LogP contribution in [0.1, 0.15) is 39.0 Å². The third-order valence-electron chi connectivity index (χ3n) is 5.22. The molecule has 0 saturated carbocycles. The predicted molar refractivity (Wildman–Crippen MR) is 113 cm³/mol. The van der Waals surface area contributed by atoms with Gasteiger partial charge in [0.25, 0.3) is 0 Å². The van der Waals surface area contributed by atoms with Gasteiger partial charge in [-0.15, -0.1) is 0 Å². The van der Waals surface area contributed by atoms with Crippen LogP contribution in [0.15, 0.2) is 0 Å². The smallest absolute Gasteiger partial charge is 0.240 e. The van der Waals surface area contributed by atoms with Crippen molar-refractivity contribution in [3.63, 3.8) is 0 Å². The molecule has 1 rings (SSSR count). The number of rotatable bonds is 4. The van der Waals surface area contributed by atoms with Crippen LogP contribution in [0.25, 0.3) is 0 Å². The zero-order valence-corrected chi connectivity index (χ0v) is 18.1. The number of hydrogen-bond acceptors (Lipinski definition) is 8. The van der Waals surface area contributed by atoms with E-state index in [2.05, 4.69) is 26.6 Å². The molecule has 0 radical (unpaired) electrons. The maximum atomic E-state index is 12.6. The van der Waals surface area contributed by atoms with E-state index in [1.165, 1.54) is 6.92 Å². The monoisotopic (exact) mass is 444 g/mol. The number of hydrogen-bond donors (Lipinski definition) is 8. The van der Waals surface area contributed by atoms with Gasteiger partial charge in [0.15, 0.2) is 0 Å². The second-order valence-electron chi connectivity index (χ2n) is 7.69. The van der Waals surface area contributed by atoms with Gasteiger partial charge in [-0.2, -0.15) is 0 Å². The van der Waals surface area contributed by atoms with Gasteiger partial charge in [-0.05, 0) is 39.7 Å². The van der Waals surface area contributed by atoms with Crippen LogP contribution in [0.5, 0.6) is 0 Å². The van der Waals surface area contributed by atoms with Crippen LogP contribution < -0.4 is 32.3 Å². The van der Waals surface area contributed by atoms with Crippen LogP contribution in [0.4, 0.5) is 0 Å². The van der Waals surface area contributed by atoms with Crippen LogP contribution in [0.2, 0.25) is 0 Å². The minimum Gasteiger partial charge on any atom is -0.394 e. The summed E-state index contributed by atoms with van der Waals surface area (Å²) in [6.45, 7) is 1.31. The van der Waals surface area contributed by atoms with E-state index in [9.17, 15) is 29.4 Å². The molecule has 1 aliphatic rings.